The van der Waals surface area contributed by atoms with Gasteiger partial charge in [-0.1, -0.05) is 6.07 Å². The Morgan fingerprint density at radius 1 is 1.19 bits per heavy atom. The molecule has 6 nitrogen and oxygen atoms in total. The van der Waals surface area contributed by atoms with E-state index in [1.165, 1.54) is 38.9 Å². The Bertz CT molecular complexity index is 551. The molecule has 1 saturated heterocycles. The number of nitrogens with one attached hydrogen (secondary N) is 2. The summed E-state index contributed by atoms with van der Waals surface area (Å²) < 4.78 is 11.1. The molecule has 2 N–H and O–H groups in total. The maximum Gasteiger partial charge on any atom is 0.191 e. The van der Waals surface area contributed by atoms with Crippen molar-refractivity contribution in [1.82, 2.24) is 15.5 Å². The largest absolute Gasteiger partial charge is 0.497 e. The fraction of sp³-hybridized carbons (Fsp3) is 0.650. The number of rotatable bonds is 10. The fourth-order valence-corrected chi connectivity index (χ4v) is 3.08. The number of hydrogen-bond acceptors (Lipinski definition) is 4. The van der Waals surface area contributed by atoms with Gasteiger partial charge in [-0.25, -0.2) is 0 Å². The number of guanidine groups is 1. The third kappa shape index (κ3) is 9.51. The number of benzene rings is 1. The first-order valence-electron chi connectivity index (χ1n) is 9.69. The molecule has 7 heteroatoms. The summed E-state index contributed by atoms with van der Waals surface area (Å²) in [6, 6.07) is 7.67. The molecule has 1 fully saturated rings. The van der Waals surface area contributed by atoms with Crippen molar-refractivity contribution in [2.24, 2.45) is 4.99 Å². The lowest BCUT2D eigenvalue weighted by molar-refractivity contribution is 0.223. The van der Waals surface area contributed by atoms with Gasteiger partial charge in [0.1, 0.15) is 17.6 Å². The van der Waals surface area contributed by atoms with Crippen LogP contribution in [-0.4, -0.2) is 63.8 Å². The highest BCUT2D eigenvalue weighted by molar-refractivity contribution is 14.0. The van der Waals surface area contributed by atoms with Gasteiger partial charge >= 0.3 is 0 Å². The van der Waals surface area contributed by atoms with Gasteiger partial charge in [0, 0.05) is 19.7 Å². The lowest BCUT2D eigenvalue weighted by Crippen LogP contribution is -2.42. The number of unbranched alkanes of at least 4 members (excludes halogenated alkanes) is 1. The van der Waals surface area contributed by atoms with Gasteiger partial charge in [-0.3, -0.25) is 4.99 Å². The predicted molar refractivity (Wildman–Crippen MR) is 123 cm³/mol. The quantitative estimate of drug-likeness (QED) is 0.229. The van der Waals surface area contributed by atoms with Gasteiger partial charge in [0.25, 0.3) is 0 Å². The molecule has 1 aliphatic heterocycles. The van der Waals surface area contributed by atoms with E-state index in [2.05, 4.69) is 20.5 Å². The van der Waals surface area contributed by atoms with Crippen molar-refractivity contribution >= 4 is 29.9 Å². The van der Waals surface area contributed by atoms with E-state index in [0.717, 1.165) is 30.4 Å². The van der Waals surface area contributed by atoms with Gasteiger partial charge in [0.05, 0.1) is 13.7 Å². The molecule has 0 aromatic heterocycles. The Labute approximate surface area is 181 Å². The van der Waals surface area contributed by atoms with E-state index in [-0.39, 0.29) is 30.1 Å². The van der Waals surface area contributed by atoms with Gasteiger partial charge in [0.15, 0.2) is 5.96 Å². The second-order valence-electron chi connectivity index (χ2n) is 6.74. The second-order valence-corrected chi connectivity index (χ2v) is 6.74. The van der Waals surface area contributed by atoms with Crippen molar-refractivity contribution in [2.75, 3.05) is 46.9 Å². The van der Waals surface area contributed by atoms with Crippen LogP contribution in [0, 0.1) is 0 Å². The minimum atomic E-state index is 0. The van der Waals surface area contributed by atoms with Crippen LogP contribution in [0.5, 0.6) is 11.5 Å². The number of ether oxygens (including phenoxy) is 2. The standard InChI is InChI=1S/C20H34N4O2.HI/c1-17(26-19-10-8-9-18(15-19)25-3)16-23-20(21-2)22-11-4-5-12-24-13-6-7-14-24;/h8-10,15,17H,4-7,11-14,16H2,1-3H3,(H2,21,22,23);1H. The van der Waals surface area contributed by atoms with E-state index in [4.69, 9.17) is 9.47 Å². The fourth-order valence-electron chi connectivity index (χ4n) is 3.08. The van der Waals surface area contributed by atoms with Crippen LogP contribution < -0.4 is 20.1 Å². The van der Waals surface area contributed by atoms with Crippen LogP contribution in [-0.2, 0) is 0 Å². The first kappa shape index (κ1) is 23.8. The topological polar surface area (TPSA) is 58.1 Å². The molecule has 2 rings (SSSR count). The lowest BCUT2D eigenvalue weighted by atomic mass is 10.3. The Morgan fingerprint density at radius 3 is 2.63 bits per heavy atom. The van der Waals surface area contributed by atoms with Crippen molar-refractivity contribution in [3.63, 3.8) is 0 Å². The number of halogens is 1. The minimum Gasteiger partial charge on any atom is -0.497 e. The highest BCUT2D eigenvalue weighted by Crippen LogP contribution is 2.19. The maximum absolute atomic E-state index is 5.92. The van der Waals surface area contributed by atoms with Gasteiger partial charge in [0.2, 0.25) is 0 Å². The third-order valence-corrected chi connectivity index (χ3v) is 4.55. The van der Waals surface area contributed by atoms with E-state index >= 15 is 0 Å². The smallest absolute Gasteiger partial charge is 0.191 e. The van der Waals surface area contributed by atoms with Gasteiger partial charge in [-0.2, -0.15) is 0 Å². The van der Waals surface area contributed by atoms with Crippen LogP contribution in [0.25, 0.3) is 0 Å². The molecule has 0 bridgehead atoms. The molecule has 1 heterocycles. The highest BCUT2D eigenvalue weighted by atomic mass is 127. The number of nitrogens with zero attached hydrogens (tertiary/aromatic N) is 2. The molecule has 1 aliphatic rings. The van der Waals surface area contributed by atoms with Crippen LogP contribution in [0.15, 0.2) is 29.3 Å². The molecule has 1 aromatic rings. The molecule has 1 atom stereocenters. The first-order valence-corrected chi connectivity index (χ1v) is 9.69. The van der Waals surface area contributed by atoms with E-state index in [1.807, 2.05) is 31.2 Å². The third-order valence-electron chi connectivity index (χ3n) is 4.55. The second kappa shape index (κ2) is 13.9. The van der Waals surface area contributed by atoms with Crippen molar-refractivity contribution in [3.8, 4) is 11.5 Å². The summed E-state index contributed by atoms with van der Waals surface area (Å²) >= 11 is 0. The summed E-state index contributed by atoms with van der Waals surface area (Å²) in [5.41, 5.74) is 0. The summed E-state index contributed by atoms with van der Waals surface area (Å²) in [6.07, 6.45) is 5.15. The normalized spacial score (nSPS) is 15.7. The molecule has 1 unspecified atom stereocenters. The van der Waals surface area contributed by atoms with Crippen LogP contribution in [0.4, 0.5) is 0 Å². The molecule has 0 saturated carbocycles. The number of aliphatic imine (C=N–C) groups is 1. The zero-order valence-corrected chi connectivity index (χ0v) is 19.2. The van der Waals surface area contributed by atoms with Crippen LogP contribution >= 0.6 is 24.0 Å². The lowest BCUT2D eigenvalue weighted by Gasteiger charge is -2.18. The van der Waals surface area contributed by atoms with E-state index in [1.54, 1.807) is 14.2 Å². The molecule has 0 aliphatic carbocycles. The van der Waals surface area contributed by atoms with Gasteiger partial charge in [-0.15, -0.1) is 24.0 Å². The predicted octanol–water partition coefficient (Wildman–Crippen LogP) is 3.12. The van der Waals surface area contributed by atoms with E-state index in [0.29, 0.717) is 6.54 Å². The van der Waals surface area contributed by atoms with E-state index in [9.17, 15) is 0 Å². The first-order chi connectivity index (χ1) is 12.7. The average Bonchev–Trinajstić information content (AvgIpc) is 3.17. The summed E-state index contributed by atoms with van der Waals surface area (Å²) in [4.78, 5) is 6.84. The monoisotopic (exact) mass is 490 g/mol. The average molecular weight is 490 g/mol. The van der Waals surface area contributed by atoms with Crippen molar-refractivity contribution in [2.45, 2.75) is 38.7 Å². The SMILES string of the molecule is CN=C(NCCCCN1CCCC1)NCC(C)Oc1cccc(OC)c1.I. The Kier molecular flexibility index (Phi) is 12.2. The number of hydrogen-bond donors (Lipinski definition) is 2. The highest BCUT2D eigenvalue weighted by Gasteiger charge is 2.10. The van der Waals surface area contributed by atoms with Crippen LogP contribution in [0.1, 0.15) is 32.6 Å². The molecule has 0 spiro atoms. The van der Waals surface area contributed by atoms with Gasteiger partial charge < -0.3 is 25.0 Å². The van der Waals surface area contributed by atoms with Crippen molar-refractivity contribution < 1.29 is 9.47 Å². The van der Waals surface area contributed by atoms with Crippen LogP contribution in [0.3, 0.4) is 0 Å². The van der Waals surface area contributed by atoms with Gasteiger partial charge in [-0.05, 0) is 64.4 Å². The van der Waals surface area contributed by atoms with E-state index < -0.39 is 0 Å². The van der Waals surface area contributed by atoms with Crippen molar-refractivity contribution in [1.29, 1.82) is 0 Å². The summed E-state index contributed by atoms with van der Waals surface area (Å²) in [7, 11) is 3.46. The Balaban J connectivity index is 0.00000364. The number of methoxy groups -OCH3 is 1. The number of likely N-dealkylation sites (tertiary alicyclic amines) is 1. The Hall–Kier alpha value is -1.22. The molecular weight excluding hydrogens is 455 g/mol. The molecule has 0 amide bonds. The zero-order valence-electron chi connectivity index (χ0n) is 16.9. The van der Waals surface area contributed by atoms with Crippen LogP contribution in [0.2, 0.25) is 0 Å². The summed E-state index contributed by atoms with van der Waals surface area (Å²) in [5.74, 6) is 2.44. The van der Waals surface area contributed by atoms with Crippen molar-refractivity contribution in [3.05, 3.63) is 24.3 Å². The summed E-state index contributed by atoms with van der Waals surface area (Å²) in [6.45, 7) is 7.45. The Morgan fingerprint density at radius 2 is 1.93 bits per heavy atom. The maximum atomic E-state index is 5.92. The molecule has 1 aromatic carbocycles. The molecule has 0 radical (unpaired) electrons. The molecule has 27 heavy (non-hydrogen) atoms. The minimum absolute atomic E-state index is 0. The molecule has 154 valence electrons. The molecular formula is C20H35IN4O2. The zero-order chi connectivity index (χ0) is 18.6. The summed E-state index contributed by atoms with van der Waals surface area (Å²) in [5, 5.41) is 6.70.